The van der Waals surface area contributed by atoms with Crippen LogP contribution in [0.1, 0.15) is 6.92 Å². The summed E-state index contributed by atoms with van der Waals surface area (Å²) in [7, 11) is 0. The molecule has 0 aromatic heterocycles. The van der Waals surface area contributed by atoms with Crippen LogP contribution in [0.15, 0.2) is 24.3 Å². The van der Waals surface area contributed by atoms with E-state index in [4.69, 9.17) is 11.6 Å². The highest BCUT2D eigenvalue weighted by atomic mass is 35.5. The van der Waals surface area contributed by atoms with Crippen molar-refractivity contribution in [1.29, 1.82) is 0 Å². The summed E-state index contributed by atoms with van der Waals surface area (Å²) < 4.78 is 0. The average molecular weight is 304 g/mol. The summed E-state index contributed by atoms with van der Waals surface area (Å²) in [6.45, 7) is 5.29. The van der Waals surface area contributed by atoms with E-state index in [0.29, 0.717) is 23.3 Å². The largest absolute Gasteiger partial charge is 0.324 e. The monoisotopic (exact) mass is 303 g/mol. The van der Waals surface area contributed by atoms with Crippen molar-refractivity contribution in [3.05, 3.63) is 29.3 Å². The molecule has 1 unspecified atom stereocenters. The Hall–Kier alpha value is -0.810. The molecule has 1 atom stereocenters. The number of carbonyl (C=O) groups excluding carboxylic acids is 1. The number of halogens is 2. The number of anilines is 1. The minimum atomic E-state index is -0.0168. The van der Waals surface area contributed by atoms with Crippen LogP contribution in [0, 0.1) is 0 Å². The van der Waals surface area contributed by atoms with E-state index in [2.05, 4.69) is 22.5 Å². The van der Waals surface area contributed by atoms with Gasteiger partial charge < -0.3 is 10.6 Å². The van der Waals surface area contributed by atoms with Gasteiger partial charge in [0.25, 0.3) is 0 Å². The molecule has 1 aliphatic rings. The molecule has 19 heavy (non-hydrogen) atoms. The average Bonchev–Trinajstić information content (AvgIpc) is 2.35. The molecular weight excluding hydrogens is 285 g/mol. The third-order valence-electron chi connectivity index (χ3n) is 3.13. The first-order chi connectivity index (χ1) is 8.66. The highest BCUT2D eigenvalue weighted by Crippen LogP contribution is 2.20. The van der Waals surface area contributed by atoms with Crippen molar-refractivity contribution in [3.63, 3.8) is 0 Å². The van der Waals surface area contributed by atoms with Crippen molar-refractivity contribution in [3.8, 4) is 0 Å². The van der Waals surface area contributed by atoms with Gasteiger partial charge in [0, 0.05) is 25.7 Å². The Labute approximate surface area is 124 Å². The second-order valence-electron chi connectivity index (χ2n) is 4.55. The number of nitrogens with one attached hydrogen (secondary N) is 2. The number of para-hydroxylation sites is 1. The number of hydrogen-bond acceptors (Lipinski definition) is 3. The van der Waals surface area contributed by atoms with Crippen molar-refractivity contribution >= 4 is 35.6 Å². The van der Waals surface area contributed by atoms with Crippen molar-refractivity contribution in [2.24, 2.45) is 0 Å². The summed E-state index contributed by atoms with van der Waals surface area (Å²) in [6, 6.07) is 7.66. The predicted molar refractivity (Wildman–Crippen MR) is 81.2 cm³/mol. The smallest absolute Gasteiger partial charge is 0.238 e. The highest BCUT2D eigenvalue weighted by Gasteiger charge is 2.20. The topological polar surface area (TPSA) is 44.4 Å². The van der Waals surface area contributed by atoms with E-state index < -0.39 is 0 Å². The number of benzene rings is 1. The second-order valence-corrected chi connectivity index (χ2v) is 4.96. The van der Waals surface area contributed by atoms with Crippen LogP contribution in [0.5, 0.6) is 0 Å². The number of amides is 1. The summed E-state index contributed by atoms with van der Waals surface area (Å²) >= 11 is 6.00. The lowest BCUT2D eigenvalue weighted by molar-refractivity contribution is -0.118. The van der Waals surface area contributed by atoms with Crippen LogP contribution < -0.4 is 10.6 Å². The van der Waals surface area contributed by atoms with E-state index in [1.54, 1.807) is 12.1 Å². The Morgan fingerprint density at radius 3 is 2.95 bits per heavy atom. The first-order valence-electron chi connectivity index (χ1n) is 6.16. The molecule has 1 heterocycles. The van der Waals surface area contributed by atoms with E-state index in [9.17, 15) is 4.79 Å². The van der Waals surface area contributed by atoms with E-state index in [1.807, 2.05) is 12.1 Å². The molecular formula is C13H19Cl2N3O. The standard InChI is InChI=1S/C13H18ClN3O.ClH/c1-10-8-15-6-7-17(10)9-13(18)16-12-5-3-2-4-11(12)14;/h2-5,10,15H,6-9H2,1H3,(H,16,18);1H. The van der Waals surface area contributed by atoms with Gasteiger partial charge in [0.1, 0.15) is 0 Å². The zero-order valence-electron chi connectivity index (χ0n) is 10.9. The Bertz CT molecular complexity index is 428. The Balaban J connectivity index is 0.00000180. The zero-order chi connectivity index (χ0) is 13.0. The molecule has 2 rings (SSSR count). The molecule has 1 amide bonds. The summed E-state index contributed by atoms with van der Waals surface area (Å²) in [5.74, 6) is -0.0168. The highest BCUT2D eigenvalue weighted by molar-refractivity contribution is 6.33. The van der Waals surface area contributed by atoms with Crippen molar-refractivity contribution in [2.45, 2.75) is 13.0 Å². The number of carbonyl (C=O) groups is 1. The molecule has 1 fully saturated rings. The molecule has 0 spiro atoms. The van der Waals surface area contributed by atoms with E-state index in [1.165, 1.54) is 0 Å². The maximum absolute atomic E-state index is 11.9. The van der Waals surface area contributed by atoms with Gasteiger partial charge in [-0.2, -0.15) is 0 Å². The Morgan fingerprint density at radius 1 is 1.53 bits per heavy atom. The summed E-state index contributed by atoms with van der Waals surface area (Å²) in [6.07, 6.45) is 0. The number of piperazine rings is 1. The lowest BCUT2D eigenvalue weighted by atomic mass is 10.2. The summed E-state index contributed by atoms with van der Waals surface area (Å²) in [4.78, 5) is 14.1. The Morgan fingerprint density at radius 2 is 2.26 bits per heavy atom. The normalized spacial score (nSPS) is 19.6. The zero-order valence-corrected chi connectivity index (χ0v) is 12.4. The van der Waals surface area contributed by atoms with Gasteiger partial charge >= 0.3 is 0 Å². The number of nitrogens with zero attached hydrogens (tertiary/aromatic N) is 1. The second kappa shape index (κ2) is 7.70. The van der Waals surface area contributed by atoms with Gasteiger partial charge in [-0.1, -0.05) is 23.7 Å². The predicted octanol–water partition coefficient (Wildman–Crippen LogP) is 1.99. The first kappa shape index (κ1) is 16.2. The molecule has 0 radical (unpaired) electrons. The van der Waals surface area contributed by atoms with Crippen molar-refractivity contribution < 1.29 is 4.79 Å². The molecule has 106 valence electrons. The fraction of sp³-hybridized carbons (Fsp3) is 0.462. The molecule has 1 aliphatic heterocycles. The maximum atomic E-state index is 11.9. The maximum Gasteiger partial charge on any atom is 0.238 e. The van der Waals surface area contributed by atoms with Gasteiger partial charge in [-0.15, -0.1) is 12.4 Å². The van der Waals surface area contributed by atoms with Gasteiger partial charge in [-0.25, -0.2) is 0 Å². The summed E-state index contributed by atoms with van der Waals surface area (Å²) in [5.41, 5.74) is 0.673. The molecule has 4 nitrogen and oxygen atoms in total. The lowest BCUT2D eigenvalue weighted by Gasteiger charge is -2.33. The van der Waals surface area contributed by atoms with Crippen molar-refractivity contribution in [2.75, 3.05) is 31.5 Å². The SMILES string of the molecule is CC1CNCCN1CC(=O)Nc1ccccc1Cl.Cl. The van der Waals surface area contributed by atoms with Crippen LogP contribution in [0.3, 0.4) is 0 Å². The van der Waals surface area contributed by atoms with Crippen LogP contribution in [0.2, 0.25) is 5.02 Å². The van der Waals surface area contributed by atoms with E-state index in [-0.39, 0.29) is 18.3 Å². The molecule has 2 N–H and O–H groups in total. The molecule has 1 aromatic carbocycles. The number of hydrogen-bond donors (Lipinski definition) is 2. The van der Waals surface area contributed by atoms with E-state index in [0.717, 1.165) is 19.6 Å². The van der Waals surface area contributed by atoms with Crippen LogP contribution in [-0.2, 0) is 4.79 Å². The van der Waals surface area contributed by atoms with Crippen LogP contribution in [0.25, 0.3) is 0 Å². The third-order valence-corrected chi connectivity index (χ3v) is 3.46. The lowest BCUT2D eigenvalue weighted by Crippen LogP contribution is -2.51. The minimum absolute atomic E-state index is 0. The minimum Gasteiger partial charge on any atom is -0.324 e. The first-order valence-corrected chi connectivity index (χ1v) is 6.54. The van der Waals surface area contributed by atoms with Crippen LogP contribution >= 0.6 is 24.0 Å². The van der Waals surface area contributed by atoms with Crippen LogP contribution in [0.4, 0.5) is 5.69 Å². The molecule has 0 saturated carbocycles. The van der Waals surface area contributed by atoms with Crippen LogP contribution in [-0.4, -0.2) is 43.0 Å². The fourth-order valence-electron chi connectivity index (χ4n) is 2.05. The summed E-state index contributed by atoms with van der Waals surface area (Å²) in [5, 5.41) is 6.72. The molecule has 0 bridgehead atoms. The molecule has 1 aromatic rings. The third kappa shape index (κ3) is 4.66. The quantitative estimate of drug-likeness (QED) is 0.897. The van der Waals surface area contributed by atoms with Crippen molar-refractivity contribution in [1.82, 2.24) is 10.2 Å². The van der Waals surface area contributed by atoms with Gasteiger partial charge in [0.15, 0.2) is 0 Å². The Kier molecular flexibility index (Phi) is 6.58. The fourth-order valence-corrected chi connectivity index (χ4v) is 2.24. The molecule has 1 saturated heterocycles. The van der Waals surface area contributed by atoms with Gasteiger partial charge in [-0.3, -0.25) is 9.69 Å². The van der Waals surface area contributed by atoms with Gasteiger partial charge in [0.2, 0.25) is 5.91 Å². The number of rotatable bonds is 3. The molecule has 0 aliphatic carbocycles. The van der Waals surface area contributed by atoms with Gasteiger partial charge in [-0.05, 0) is 19.1 Å². The molecule has 6 heteroatoms. The van der Waals surface area contributed by atoms with Gasteiger partial charge in [0.05, 0.1) is 17.3 Å². The van der Waals surface area contributed by atoms with E-state index >= 15 is 0 Å².